The summed E-state index contributed by atoms with van der Waals surface area (Å²) in [4.78, 5) is 11.4. The molecule has 0 aliphatic rings. The van der Waals surface area contributed by atoms with E-state index in [0.29, 0.717) is 33.8 Å². The molecule has 0 unspecified atom stereocenters. The van der Waals surface area contributed by atoms with Gasteiger partial charge in [0.15, 0.2) is 12.0 Å². The molecular weight excluding hydrogens is 527 g/mol. The molecule has 5 rings (SSSR count). The number of hydrogen-bond donors (Lipinski definition) is 1. The van der Waals surface area contributed by atoms with Crippen LogP contribution in [0.4, 0.5) is 14.9 Å². The first kappa shape index (κ1) is 25.8. The van der Waals surface area contributed by atoms with Crippen molar-refractivity contribution >= 4 is 23.4 Å². The largest absolute Gasteiger partial charge is 0.618 e. The van der Waals surface area contributed by atoms with Crippen molar-refractivity contribution in [2.45, 2.75) is 19.4 Å². The van der Waals surface area contributed by atoms with Crippen molar-refractivity contribution in [1.82, 2.24) is 30.0 Å². The molecule has 5 aromatic rings. The molecule has 0 saturated carbocycles. The molecule has 1 N–H and O–H groups in total. The number of anilines is 1. The van der Waals surface area contributed by atoms with E-state index < -0.39 is 11.9 Å². The predicted octanol–water partition coefficient (Wildman–Crippen LogP) is 4.80. The van der Waals surface area contributed by atoms with Gasteiger partial charge in [-0.3, -0.25) is 10.00 Å². The van der Waals surface area contributed by atoms with E-state index in [2.05, 4.69) is 30.7 Å². The fraction of sp³-hybridized carbons (Fsp3) is 0.154. The molecule has 2 aromatic carbocycles. The number of halogens is 2. The minimum atomic E-state index is -0.686. The summed E-state index contributed by atoms with van der Waals surface area (Å²) in [5.74, 6) is -0.686. The summed E-state index contributed by atoms with van der Waals surface area (Å²) in [6.45, 7) is 1.94. The van der Waals surface area contributed by atoms with E-state index in [9.17, 15) is 10.0 Å². The second-order valence-electron chi connectivity index (χ2n) is 8.51. The van der Waals surface area contributed by atoms with Gasteiger partial charge in [0, 0.05) is 23.5 Å². The summed E-state index contributed by atoms with van der Waals surface area (Å²) in [6, 6.07) is 13.1. The number of pyridine rings is 1. The summed E-state index contributed by atoms with van der Waals surface area (Å²) in [7, 11) is 1.30. The number of methoxy groups -OCH3 is 1. The number of tetrazole rings is 1. The number of carbonyl (C=O) groups excluding carboxylic acids is 1. The molecule has 198 valence electrons. The minimum absolute atomic E-state index is 0.0898. The normalized spacial score (nSPS) is 11.8. The van der Waals surface area contributed by atoms with Crippen LogP contribution in [0.15, 0.2) is 73.4 Å². The quantitative estimate of drug-likeness (QED) is 0.229. The third-order valence-electron chi connectivity index (χ3n) is 6.20. The van der Waals surface area contributed by atoms with Gasteiger partial charge in [-0.25, -0.2) is 9.18 Å². The average molecular weight is 549 g/mol. The molecule has 0 saturated heterocycles. The molecule has 11 nitrogen and oxygen atoms in total. The summed E-state index contributed by atoms with van der Waals surface area (Å²) < 4.78 is 23.5. The fourth-order valence-corrected chi connectivity index (χ4v) is 4.44. The van der Waals surface area contributed by atoms with Gasteiger partial charge in [-0.2, -0.15) is 14.5 Å². The van der Waals surface area contributed by atoms with Crippen LogP contribution in [-0.2, 0) is 4.74 Å². The highest BCUT2D eigenvalue weighted by Crippen LogP contribution is 2.33. The molecule has 0 aliphatic heterocycles. The topological polar surface area (TPSA) is 127 Å². The van der Waals surface area contributed by atoms with E-state index in [-0.39, 0.29) is 16.6 Å². The first-order chi connectivity index (χ1) is 18.9. The molecule has 0 bridgehead atoms. The van der Waals surface area contributed by atoms with Gasteiger partial charge in [-0.05, 0) is 52.7 Å². The van der Waals surface area contributed by atoms with E-state index >= 15 is 4.39 Å². The number of aromatic nitrogens is 7. The van der Waals surface area contributed by atoms with Crippen molar-refractivity contribution in [2.24, 2.45) is 0 Å². The third kappa shape index (κ3) is 5.14. The molecule has 0 spiro atoms. The van der Waals surface area contributed by atoms with E-state index in [1.54, 1.807) is 41.2 Å². The number of rotatable bonds is 7. The van der Waals surface area contributed by atoms with Crippen LogP contribution in [0.1, 0.15) is 25.1 Å². The van der Waals surface area contributed by atoms with Crippen LogP contribution in [0.3, 0.4) is 0 Å². The minimum Gasteiger partial charge on any atom is -0.618 e. The zero-order chi connectivity index (χ0) is 27.5. The summed E-state index contributed by atoms with van der Waals surface area (Å²) >= 11 is 6.05. The SMILES string of the molecule is CC[C@H](c1ccc(-c2c(-n3cnnn3)ccc(Cl)c2F)c[n+]1[O-])n1cc(-c2ccc(NC(=O)OC)cc2)cn1. The first-order valence-electron chi connectivity index (χ1n) is 11.8. The molecule has 3 heterocycles. The van der Waals surface area contributed by atoms with Crippen molar-refractivity contribution < 1.29 is 18.7 Å². The van der Waals surface area contributed by atoms with E-state index in [0.717, 1.165) is 11.1 Å². The average Bonchev–Trinajstić information content (AvgIpc) is 3.65. The van der Waals surface area contributed by atoms with Crippen LogP contribution in [0.25, 0.3) is 27.9 Å². The fourth-order valence-electron chi connectivity index (χ4n) is 4.28. The van der Waals surface area contributed by atoms with E-state index in [1.165, 1.54) is 30.4 Å². The highest BCUT2D eigenvalue weighted by atomic mass is 35.5. The maximum atomic E-state index is 15.2. The Kier molecular flexibility index (Phi) is 7.19. The molecule has 3 aromatic heterocycles. The molecule has 1 atom stereocenters. The number of nitrogens with one attached hydrogen (secondary N) is 1. The van der Waals surface area contributed by atoms with Crippen LogP contribution in [0.5, 0.6) is 0 Å². The van der Waals surface area contributed by atoms with Crippen LogP contribution < -0.4 is 10.0 Å². The maximum Gasteiger partial charge on any atom is 0.411 e. The molecule has 0 aliphatic carbocycles. The maximum absolute atomic E-state index is 15.2. The lowest BCUT2D eigenvalue weighted by Crippen LogP contribution is -2.35. The Hall–Kier alpha value is -4.84. The van der Waals surface area contributed by atoms with Crippen molar-refractivity contribution in [3.05, 3.63) is 95.2 Å². The monoisotopic (exact) mass is 548 g/mol. The second-order valence-corrected chi connectivity index (χ2v) is 8.91. The second kappa shape index (κ2) is 10.9. The molecular formula is C26H22ClFN8O3. The summed E-state index contributed by atoms with van der Waals surface area (Å²) in [6.07, 6.45) is 6.20. The lowest BCUT2D eigenvalue weighted by Gasteiger charge is -2.17. The van der Waals surface area contributed by atoms with Gasteiger partial charge in [0.1, 0.15) is 12.4 Å². The Morgan fingerprint density at radius 2 is 1.92 bits per heavy atom. The number of hydrogen-bond acceptors (Lipinski definition) is 7. The van der Waals surface area contributed by atoms with Gasteiger partial charge < -0.3 is 9.94 Å². The lowest BCUT2D eigenvalue weighted by molar-refractivity contribution is -0.615. The van der Waals surface area contributed by atoms with Gasteiger partial charge >= 0.3 is 6.09 Å². The molecule has 13 heteroatoms. The molecule has 0 radical (unpaired) electrons. The van der Waals surface area contributed by atoms with Crippen molar-refractivity contribution in [2.75, 3.05) is 12.4 Å². The molecule has 39 heavy (non-hydrogen) atoms. The third-order valence-corrected chi connectivity index (χ3v) is 6.49. The van der Waals surface area contributed by atoms with Crippen LogP contribution in [0, 0.1) is 11.0 Å². The van der Waals surface area contributed by atoms with E-state index in [1.807, 2.05) is 25.3 Å². The zero-order valence-corrected chi connectivity index (χ0v) is 21.6. The Bertz CT molecular complexity index is 1620. The number of carbonyl (C=O) groups is 1. The van der Waals surface area contributed by atoms with Gasteiger partial charge in [0.25, 0.3) is 0 Å². The Labute approximate surface area is 227 Å². The zero-order valence-electron chi connectivity index (χ0n) is 20.8. The number of amides is 1. The van der Waals surface area contributed by atoms with Crippen LogP contribution in [-0.4, -0.2) is 43.2 Å². The summed E-state index contributed by atoms with van der Waals surface area (Å²) in [5.41, 5.74) is 3.49. The molecule has 0 fully saturated rings. The Morgan fingerprint density at radius 1 is 1.15 bits per heavy atom. The van der Waals surface area contributed by atoms with Crippen LogP contribution in [0.2, 0.25) is 5.02 Å². The van der Waals surface area contributed by atoms with Gasteiger partial charge in [0.2, 0.25) is 5.69 Å². The highest BCUT2D eigenvalue weighted by molar-refractivity contribution is 6.31. The number of ether oxygens (including phenoxy) is 1. The Morgan fingerprint density at radius 3 is 2.59 bits per heavy atom. The standard InChI is InChI=1S/C26H22ClFN8O3/c1-3-21(34-13-18(12-30-34)16-4-7-19(8-5-16)31-26(37)39-2)22-10-6-17(14-36(22)38)24-23(35-15-29-32-33-35)11-9-20(27)25(24)28/h4-15,21H,3H2,1-2H3,(H,31,37)/t21-/m1/s1. The van der Waals surface area contributed by atoms with Crippen molar-refractivity contribution in [3.63, 3.8) is 0 Å². The highest BCUT2D eigenvalue weighted by Gasteiger charge is 2.24. The van der Waals surface area contributed by atoms with Gasteiger partial charge in [-0.15, -0.1) is 5.10 Å². The Balaban J connectivity index is 1.45. The van der Waals surface area contributed by atoms with Crippen molar-refractivity contribution in [1.29, 1.82) is 0 Å². The molecule has 1 amide bonds. The number of benzene rings is 2. The number of nitrogens with zero attached hydrogens (tertiary/aromatic N) is 7. The lowest BCUT2D eigenvalue weighted by atomic mass is 10.0. The first-order valence-corrected chi connectivity index (χ1v) is 12.2. The smallest absolute Gasteiger partial charge is 0.411 e. The van der Waals surface area contributed by atoms with E-state index in [4.69, 9.17) is 11.6 Å². The van der Waals surface area contributed by atoms with Gasteiger partial charge in [-0.1, -0.05) is 30.7 Å². The van der Waals surface area contributed by atoms with Gasteiger partial charge in [0.05, 0.1) is 35.1 Å². The van der Waals surface area contributed by atoms with Crippen molar-refractivity contribution in [3.8, 4) is 27.9 Å². The van der Waals surface area contributed by atoms with Crippen LogP contribution >= 0.6 is 11.6 Å². The predicted molar refractivity (Wildman–Crippen MR) is 141 cm³/mol. The summed E-state index contributed by atoms with van der Waals surface area (Å²) in [5, 5.41) is 31.3.